The number of carbonyl (C=O) groups is 1. The van der Waals surface area contributed by atoms with Gasteiger partial charge >= 0.3 is 0 Å². The van der Waals surface area contributed by atoms with E-state index >= 15 is 0 Å². The molecule has 2 rings (SSSR count). The van der Waals surface area contributed by atoms with Gasteiger partial charge in [-0.05, 0) is 24.3 Å². The van der Waals surface area contributed by atoms with Gasteiger partial charge in [0, 0.05) is 23.8 Å². The smallest absolute Gasteiger partial charge is 0.143 e. The Hall–Kier alpha value is -0.670. The molecule has 2 unspecified atom stereocenters. The highest BCUT2D eigenvalue weighted by atomic mass is 32.1. The van der Waals surface area contributed by atoms with Gasteiger partial charge in [0.1, 0.15) is 5.78 Å². The third-order valence-corrected chi connectivity index (χ3v) is 3.83. The number of thiophene rings is 1. The van der Waals surface area contributed by atoms with Gasteiger partial charge < -0.3 is 4.74 Å². The lowest BCUT2D eigenvalue weighted by Crippen LogP contribution is -2.24. The molecule has 1 fully saturated rings. The van der Waals surface area contributed by atoms with Gasteiger partial charge in [-0.1, -0.05) is 13.0 Å². The van der Waals surface area contributed by atoms with Crippen molar-refractivity contribution in [1.29, 1.82) is 0 Å². The van der Waals surface area contributed by atoms with Crippen LogP contribution in [0.2, 0.25) is 0 Å². The van der Waals surface area contributed by atoms with Crippen molar-refractivity contribution in [3.63, 3.8) is 0 Å². The van der Waals surface area contributed by atoms with Crippen LogP contribution in [-0.4, -0.2) is 18.5 Å². The van der Waals surface area contributed by atoms with Crippen LogP contribution < -0.4 is 0 Å². The molecule has 2 nitrogen and oxygen atoms in total. The maximum absolute atomic E-state index is 12.0. The Bertz CT molecular complexity index is 318. The summed E-state index contributed by atoms with van der Waals surface area (Å²) in [5.41, 5.74) is 0. The standard InChI is InChI=1S/C12H16O2S/c1-2-12-10(5-6-14-12)11(13)8-9-4-3-7-15-9/h3-4,7,10,12H,2,5-6,8H2,1H3. The molecule has 1 aliphatic heterocycles. The summed E-state index contributed by atoms with van der Waals surface area (Å²) in [6.45, 7) is 2.83. The lowest BCUT2D eigenvalue weighted by Gasteiger charge is -2.14. The van der Waals surface area contributed by atoms with Gasteiger partial charge in [0.2, 0.25) is 0 Å². The summed E-state index contributed by atoms with van der Waals surface area (Å²) in [6.07, 6.45) is 2.60. The average molecular weight is 224 g/mol. The highest BCUT2D eigenvalue weighted by Gasteiger charge is 2.32. The van der Waals surface area contributed by atoms with Crippen LogP contribution in [0.4, 0.5) is 0 Å². The molecule has 1 aromatic rings. The van der Waals surface area contributed by atoms with E-state index in [4.69, 9.17) is 4.74 Å². The highest BCUT2D eigenvalue weighted by Crippen LogP contribution is 2.26. The highest BCUT2D eigenvalue weighted by molar-refractivity contribution is 7.10. The Morgan fingerprint density at radius 2 is 2.53 bits per heavy atom. The van der Waals surface area contributed by atoms with Crippen LogP contribution in [0, 0.1) is 5.92 Å². The van der Waals surface area contributed by atoms with Crippen LogP contribution in [0.3, 0.4) is 0 Å². The second-order valence-corrected chi connectivity index (χ2v) is 4.97. The van der Waals surface area contributed by atoms with E-state index in [1.54, 1.807) is 11.3 Å². The van der Waals surface area contributed by atoms with E-state index in [9.17, 15) is 4.79 Å². The topological polar surface area (TPSA) is 26.3 Å². The predicted octanol–water partition coefficient (Wildman–Crippen LogP) is 2.67. The van der Waals surface area contributed by atoms with Crippen molar-refractivity contribution in [3.8, 4) is 0 Å². The molecule has 0 spiro atoms. The first-order chi connectivity index (χ1) is 7.31. The van der Waals surface area contributed by atoms with Crippen LogP contribution in [0.5, 0.6) is 0 Å². The zero-order chi connectivity index (χ0) is 10.7. The molecule has 0 N–H and O–H groups in total. The number of carbonyl (C=O) groups excluding carboxylic acids is 1. The van der Waals surface area contributed by atoms with E-state index in [2.05, 4.69) is 6.92 Å². The summed E-state index contributed by atoms with van der Waals surface area (Å²) < 4.78 is 5.54. The van der Waals surface area contributed by atoms with Crippen molar-refractivity contribution < 1.29 is 9.53 Å². The molecule has 0 aliphatic carbocycles. The molecule has 1 aliphatic rings. The summed E-state index contributed by atoms with van der Waals surface area (Å²) in [5.74, 6) is 0.485. The fraction of sp³-hybridized carbons (Fsp3) is 0.583. The Morgan fingerprint density at radius 1 is 1.67 bits per heavy atom. The van der Waals surface area contributed by atoms with Gasteiger partial charge in [-0.2, -0.15) is 0 Å². The zero-order valence-corrected chi connectivity index (χ0v) is 9.76. The Balaban J connectivity index is 1.96. The number of hydrogen-bond donors (Lipinski definition) is 0. The van der Waals surface area contributed by atoms with Gasteiger partial charge in [-0.3, -0.25) is 4.79 Å². The second kappa shape index (κ2) is 4.90. The fourth-order valence-electron chi connectivity index (χ4n) is 2.14. The molecule has 3 heteroatoms. The summed E-state index contributed by atoms with van der Waals surface area (Å²) in [4.78, 5) is 13.2. The van der Waals surface area contributed by atoms with E-state index in [-0.39, 0.29) is 12.0 Å². The molecule has 0 radical (unpaired) electrons. The minimum Gasteiger partial charge on any atom is -0.377 e. The molecule has 0 saturated carbocycles. The zero-order valence-electron chi connectivity index (χ0n) is 8.94. The molecular formula is C12H16O2S. The van der Waals surface area contributed by atoms with E-state index in [1.807, 2.05) is 17.5 Å². The molecule has 1 aromatic heterocycles. The normalized spacial score (nSPS) is 25.7. The van der Waals surface area contributed by atoms with Crippen molar-refractivity contribution >= 4 is 17.1 Å². The summed E-state index contributed by atoms with van der Waals surface area (Å²) in [5, 5.41) is 2.02. The van der Waals surface area contributed by atoms with Gasteiger partial charge in [-0.25, -0.2) is 0 Å². The number of Topliss-reactive ketones (excluding diaryl/α,β-unsaturated/α-hetero) is 1. The van der Waals surface area contributed by atoms with Gasteiger partial charge in [0.25, 0.3) is 0 Å². The van der Waals surface area contributed by atoms with E-state index < -0.39 is 0 Å². The fourth-order valence-corrected chi connectivity index (χ4v) is 2.85. The first-order valence-electron chi connectivity index (χ1n) is 5.48. The second-order valence-electron chi connectivity index (χ2n) is 3.94. The summed E-state index contributed by atoms with van der Waals surface area (Å²) in [7, 11) is 0. The number of hydrogen-bond acceptors (Lipinski definition) is 3. The van der Waals surface area contributed by atoms with E-state index in [0.717, 1.165) is 19.4 Å². The first-order valence-corrected chi connectivity index (χ1v) is 6.36. The predicted molar refractivity (Wildman–Crippen MR) is 61.2 cm³/mol. The molecule has 0 bridgehead atoms. The molecular weight excluding hydrogens is 208 g/mol. The SMILES string of the molecule is CCC1OCCC1C(=O)Cc1cccs1. The molecule has 0 amide bonds. The van der Waals surface area contributed by atoms with Crippen LogP contribution >= 0.6 is 11.3 Å². The minimum absolute atomic E-state index is 0.136. The number of ketones is 1. The van der Waals surface area contributed by atoms with Crippen molar-refractivity contribution in [2.45, 2.75) is 32.3 Å². The largest absolute Gasteiger partial charge is 0.377 e. The van der Waals surface area contributed by atoms with Crippen LogP contribution in [0.25, 0.3) is 0 Å². The molecule has 82 valence electrons. The van der Waals surface area contributed by atoms with Gasteiger partial charge in [-0.15, -0.1) is 11.3 Å². The van der Waals surface area contributed by atoms with Crippen LogP contribution in [-0.2, 0) is 16.0 Å². The Labute approximate surface area is 94.3 Å². The minimum atomic E-state index is 0.136. The van der Waals surface area contributed by atoms with E-state index in [0.29, 0.717) is 12.2 Å². The quantitative estimate of drug-likeness (QED) is 0.786. The molecule has 15 heavy (non-hydrogen) atoms. The third kappa shape index (κ3) is 2.47. The van der Waals surface area contributed by atoms with E-state index in [1.165, 1.54) is 4.88 Å². The van der Waals surface area contributed by atoms with Gasteiger partial charge in [0.05, 0.1) is 6.10 Å². The lowest BCUT2D eigenvalue weighted by atomic mass is 9.93. The van der Waals surface area contributed by atoms with Crippen LogP contribution in [0.15, 0.2) is 17.5 Å². The van der Waals surface area contributed by atoms with Crippen molar-refractivity contribution in [3.05, 3.63) is 22.4 Å². The Morgan fingerprint density at radius 3 is 3.20 bits per heavy atom. The average Bonchev–Trinajstić information content (AvgIpc) is 2.86. The Kier molecular flexibility index (Phi) is 3.54. The lowest BCUT2D eigenvalue weighted by molar-refractivity contribution is -0.123. The molecule has 1 saturated heterocycles. The molecule has 2 atom stereocenters. The first kappa shape index (κ1) is 10.8. The number of rotatable bonds is 4. The summed E-state index contributed by atoms with van der Waals surface area (Å²) >= 11 is 1.66. The van der Waals surface area contributed by atoms with Gasteiger partial charge in [0.15, 0.2) is 0 Å². The van der Waals surface area contributed by atoms with Crippen molar-refractivity contribution in [1.82, 2.24) is 0 Å². The molecule has 0 aromatic carbocycles. The summed E-state index contributed by atoms with van der Waals surface area (Å²) in [6, 6.07) is 4.02. The maximum Gasteiger partial charge on any atom is 0.143 e. The van der Waals surface area contributed by atoms with Crippen molar-refractivity contribution in [2.75, 3.05) is 6.61 Å². The van der Waals surface area contributed by atoms with Crippen LogP contribution in [0.1, 0.15) is 24.6 Å². The monoisotopic (exact) mass is 224 g/mol. The number of ether oxygens (including phenoxy) is 1. The third-order valence-electron chi connectivity index (χ3n) is 2.95. The maximum atomic E-state index is 12.0. The molecule has 2 heterocycles. The van der Waals surface area contributed by atoms with Crippen molar-refractivity contribution in [2.24, 2.45) is 5.92 Å².